The van der Waals surface area contributed by atoms with Gasteiger partial charge in [-0.1, -0.05) is 15.9 Å². The summed E-state index contributed by atoms with van der Waals surface area (Å²) in [6, 6.07) is 4.31. The van der Waals surface area contributed by atoms with Crippen molar-refractivity contribution in [2.45, 2.75) is 17.1 Å². The molecule has 0 aliphatic heterocycles. The third-order valence-electron chi connectivity index (χ3n) is 2.24. The molecule has 0 bridgehead atoms. The lowest BCUT2D eigenvalue weighted by atomic mass is 10.1. The van der Waals surface area contributed by atoms with E-state index in [1.807, 2.05) is 0 Å². The molecule has 0 saturated carbocycles. The van der Waals surface area contributed by atoms with Crippen molar-refractivity contribution in [2.24, 2.45) is 0 Å². The lowest BCUT2D eigenvalue weighted by Crippen LogP contribution is -1.85. The minimum absolute atomic E-state index is 0.901. The van der Waals surface area contributed by atoms with Gasteiger partial charge in [-0.25, -0.2) is 0 Å². The fraction of sp³-hybridized carbons (Fsp3) is 0.200. The maximum atomic E-state index is 4.48. The molecule has 0 radical (unpaired) electrons. The lowest BCUT2D eigenvalue weighted by molar-refractivity contribution is 1.32. The Morgan fingerprint density at radius 2 is 2.31 bits per heavy atom. The number of alkyl halides is 1. The fourth-order valence-corrected chi connectivity index (χ4v) is 3.34. The molecule has 0 fully saturated rings. The molecule has 68 valence electrons. The number of hydrogen-bond acceptors (Lipinski definition) is 2. The van der Waals surface area contributed by atoms with E-state index < -0.39 is 0 Å². The van der Waals surface area contributed by atoms with Crippen LogP contribution in [0.5, 0.6) is 0 Å². The van der Waals surface area contributed by atoms with Gasteiger partial charge < -0.3 is 0 Å². The monoisotopic (exact) mass is 272 g/mol. The van der Waals surface area contributed by atoms with Crippen molar-refractivity contribution in [1.29, 1.82) is 0 Å². The number of fused-ring (bicyclic) bond motifs is 1. The molecule has 0 amide bonds. The van der Waals surface area contributed by atoms with E-state index in [9.17, 15) is 0 Å². The van der Waals surface area contributed by atoms with Crippen LogP contribution in [-0.2, 0) is 5.33 Å². The van der Waals surface area contributed by atoms with Crippen molar-refractivity contribution < 1.29 is 0 Å². The molecule has 13 heavy (non-hydrogen) atoms. The molecular formula is C10H9BrS2. The van der Waals surface area contributed by atoms with Crippen molar-refractivity contribution in [3.63, 3.8) is 0 Å². The van der Waals surface area contributed by atoms with Crippen LogP contribution < -0.4 is 0 Å². The normalized spacial score (nSPS) is 11.0. The van der Waals surface area contributed by atoms with Gasteiger partial charge in [0, 0.05) is 14.9 Å². The standard InChI is InChI=1S/C10H9BrS2/c1-6-7(5-11)4-9(12)10-8(6)2-3-13-10/h2-4,12H,5H2,1H3. The highest BCUT2D eigenvalue weighted by molar-refractivity contribution is 9.08. The van der Waals surface area contributed by atoms with E-state index in [1.54, 1.807) is 11.3 Å². The predicted molar refractivity (Wildman–Crippen MR) is 66.4 cm³/mol. The van der Waals surface area contributed by atoms with E-state index in [0.29, 0.717) is 0 Å². The van der Waals surface area contributed by atoms with Crippen LogP contribution in [0, 0.1) is 6.92 Å². The summed E-state index contributed by atoms with van der Waals surface area (Å²) < 4.78 is 1.30. The second-order valence-electron chi connectivity index (χ2n) is 2.98. The van der Waals surface area contributed by atoms with Gasteiger partial charge in [0.15, 0.2) is 0 Å². The van der Waals surface area contributed by atoms with Crippen LogP contribution in [0.3, 0.4) is 0 Å². The molecule has 0 aliphatic carbocycles. The molecule has 0 N–H and O–H groups in total. The Bertz CT molecular complexity index is 445. The Kier molecular flexibility index (Phi) is 2.67. The molecule has 2 rings (SSSR count). The highest BCUT2D eigenvalue weighted by Crippen LogP contribution is 2.32. The minimum atomic E-state index is 0.901. The van der Waals surface area contributed by atoms with E-state index in [0.717, 1.165) is 10.2 Å². The molecular weight excluding hydrogens is 264 g/mol. The number of thiol groups is 1. The molecule has 0 spiro atoms. The SMILES string of the molecule is Cc1c(CBr)cc(S)c2sccc12. The first-order valence-corrected chi connectivity index (χ1v) is 6.43. The summed E-state index contributed by atoms with van der Waals surface area (Å²) in [7, 11) is 0. The van der Waals surface area contributed by atoms with Crippen LogP contribution in [0.2, 0.25) is 0 Å². The predicted octanol–water partition coefficient (Wildman–Crippen LogP) is 4.39. The summed E-state index contributed by atoms with van der Waals surface area (Å²) >= 11 is 9.72. The maximum absolute atomic E-state index is 4.48. The first kappa shape index (κ1) is 9.56. The van der Waals surface area contributed by atoms with Crippen molar-refractivity contribution in [3.05, 3.63) is 28.6 Å². The van der Waals surface area contributed by atoms with Gasteiger partial charge in [-0.05, 0) is 40.9 Å². The second-order valence-corrected chi connectivity index (χ2v) is 4.94. The van der Waals surface area contributed by atoms with Gasteiger partial charge in [-0.2, -0.15) is 0 Å². The highest BCUT2D eigenvalue weighted by Gasteiger charge is 2.06. The molecule has 1 heterocycles. The third-order valence-corrected chi connectivity index (χ3v) is 4.29. The summed E-state index contributed by atoms with van der Waals surface area (Å²) in [5, 5.41) is 4.36. The van der Waals surface area contributed by atoms with Gasteiger partial charge in [-0.3, -0.25) is 0 Å². The zero-order valence-corrected chi connectivity index (χ0v) is 10.5. The number of hydrogen-bond donors (Lipinski definition) is 1. The minimum Gasteiger partial charge on any atom is -0.143 e. The third kappa shape index (κ3) is 1.53. The molecule has 0 aliphatic rings. The van der Waals surface area contributed by atoms with Crippen LogP contribution in [0.4, 0.5) is 0 Å². The van der Waals surface area contributed by atoms with Crippen molar-refractivity contribution >= 4 is 50.0 Å². The molecule has 1 aromatic heterocycles. The van der Waals surface area contributed by atoms with Crippen molar-refractivity contribution in [3.8, 4) is 0 Å². The molecule has 0 unspecified atom stereocenters. The number of rotatable bonds is 1. The average molecular weight is 273 g/mol. The van der Waals surface area contributed by atoms with Gasteiger partial charge in [0.2, 0.25) is 0 Å². The first-order chi connectivity index (χ1) is 6.24. The lowest BCUT2D eigenvalue weighted by Gasteiger charge is -2.05. The smallest absolute Gasteiger partial charge is 0.0478 e. The Hall–Kier alpha value is 0.01000. The summed E-state index contributed by atoms with van der Waals surface area (Å²) in [6.07, 6.45) is 0. The average Bonchev–Trinajstić information content (AvgIpc) is 2.60. The second kappa shape index (κ2) is 3.64. The maximum Gasteiger partial charge on any atom is 0.0478 e. The van der Waals surface area contributed by atoms with Gasteiger partial charge in [-0.15, -0.1) is 24.0 Å². The van der Waals surface area contributed by atoms with Crippen LogP contribution >= 0.6 is 39.9 Å². The van der Waals surface area contributed by atoms with E-state index in [-0.39, 0.29) is 0 Å². The Balaban J connectivity index is 2.85. The van der Waals surface area contributed by atoms with Crippen LogP contribution in [0.25, 0.3) is 10.1 Å². The van der Waals surface area contributed by atoms with Crippen LogP contribution in [0.1, 0.15) is 11.1 Å². The van der Waals surface area contributed by atoms with Crippen LogP contribution in [-0.4, -0.2) is 0 Å². The number of halogens is 1. The Morgan fingerprint density at radius 3 is 3.00 bits per heavy atom. The van der Waals surface area contributed by atoms with Gasteiger partial charge in [0.05, 0.1) is 0 Å². The van der Waals surface area contributed by atoms with E-state index >= 15 is 0 Å². The fourth-order valence-electron chi connectivity index (χ4n) is 1.45. The first-order valence-electron chi connectivity index (χ1n) is 3.98. The quantitative estimate of drug-likeness (QED) is 0.578. The molecule has 0 saturated heterocycles. The van der Waals surface area contributed by atoms with E-state index in [4.69, 9.17) is 0 Å². The summed E-state index contributed by atoms with van der Waals surface area (Å²) in [6.45, 7) is 2.17. The van der Waals surface area contributed by atoms with Crippen LogP contribution in [0.15, 0.2) is 22.4 Å². The largest absolute Gasteiger partial charge is 0.143 e. The molecule has 0 atom stereocenters. The number of benzene rings is 1. The Labute approximate surface area is 95.5 Å². The molecule has 1 aromatic carbocycles. The highest BCUT2D eigenvalue weighted by atomic mass is 79.9. The Morgan fingerprint density at radius 1 is 1.54 bits per heavy atom. The van der Waals surface area contributed by atoms with Crippen molar-refractivity contribution in [2.75, 3.05) is 0 Å². The number of aryl methyl sites for hydroxylation is 1. The molecule has 3 heteroatoms. The summed E-state index contributed by atoms with van der Waals surface area (Å²) in [5.41, 5.74) is 2.70. The molecule has 0 nitrogen and oxygen atoms in total. The summed E-state index contributed by atoms with van der Waals surface area (Å²) in [4.78, 5) is 1.09. The topological polar surface area (TPSA) is 0 Å². The van der Waals surface area contributed by atoms with Crippen molar-refractivity contribution in [1.82, 2.24) is 0 Å². The number of thiophene rings is 1. The molecule has 2 aromatic rings. The van der Waals surface area contributed by atoms with E-state index in [2.05, 4.69) is 53.0 Å². The van der Waals surface area contributed by atoms with Gasteiger partial charge in [0.1, 0.15) is 0 Å². The summed E-state index contributed by atoms with van der Waals surface area (Å²) in [5.74, 6) is 0. The zero-order valence-electron chi connectivity index (χ0n) is 7.17. The van der Waals surface area contributed by atoms with E-state index in [1.165, 1.54) is 21.2 Å². The van der Waals surface area contributed by atoms with Gasteiger partial charge >= 0.3 is 0 Å². The van der Waals surface area contributed by atoms with Gasteiger partial charge in [0.25, 0.3) is 0 Å². The zero-order chi connectivity index (χ0) is 9.42.